The molecule has 1 fully saturated rings. The zero-order valence-corrected chi connectivity index (χ0v) is 17.0. The number of aromatic nitrogens is 1. The van der Waals surface area contributed by atoms with Gasteiger partial charge in [0.05, 0.1) is 43.5 Å². The van der Waals surface area contributed by atoms with Crippen LogP contribution in [-0.2, 0) is 22.4 Å². The number of nitriles is 1. The summed E-state index contributed by atoms with van der Waals surface area (Å²) in [4.78, 5) is 4.43. The zero-order valence-electron chi connectivity index (χ0n) is 17.0. The van der Waals surface area contributed by atoms with Gasteiger partial charge < -0.3 is 19.5 Å². The molecular formula is C24H25N3O3. The lowest BCUT2D eigenvalue weighted by Gasteiger charge is -2.30. The van der Waals surface area contributed by atoms with Gasteiger partial charge in [-0.1, -0.05) is 12.1 Å². The fraction of sp³-hybridized carbons (Fsp3) is 0.333. The summed E-state index contributed by atoms with van der Waals surface area (Å²) in [5, 5.41) is 13.4. The molecule has 30 heavy (non-hydrogen) atoms. The van der Waals surface area contributed by atoms with Crippen molar-refractivity contribution in [3.05, 3.63) is 71.4 Å². The molecule has 1 aliphatic rings. The third kappa shape index (κ3) is 4.95. The number of fused-ring (bicyclic) bond motifs is 1. The molecule has 3 aromatic rings. The van der Waals surface area contributed by atoms with E-state index in [9.17, 15) is 0 Å². The maximum absolute atomic E-state index is 8.87. The lowest BCUT2D eigenvalue weighted by atomic mass is 10.0. The standard InChI is InChI=1S/C24H25N3O3/c1-28-21-7-8-23-22(12-21)19(10-11-26-23)6-9-24-29-15-20(16-30-24)27-14-18-4-2-17(13-25)3-5-18/h2-5,7-8,10-12,20,24,27H,6,9,14-16H2,1H3/t20-,24-. The number of methoxy groups -OCH3 is 1. The molecule has 2 heterocycles. The Balaban J connectivity index is 1.26. The Morgan fingerprint density at radius 1 is 1.13 bits per heavy atom. The van der Waals surface area contributed by atoms with E-state index < -0.39 is 0 Å². The van der Waals surface area contributed by atoms with E-state index in [1.54, 1.807) is 7.11 Å². The average molecular weight is 403 g/mol. The number of nitrogens with one attached hydrogen (secondary N) is 1. The summed E-state index contributed by atoms with van der Waals surface area (Å²) in [5.74, 6) is 0.832. The first kappa shape index (κ1) is 20.3. The van der Waals surface area contributed by atoms with Crippen LogP contribution in [0.15, 0.2) is 54.7 Å². The Morgan fingerprint density at radius 3 is 2.67 bits per heavy atom. The second kappa shape index (κ2) is 9.68. The summed E-state index contributed by atoms with van der Waals surface area (Å²) >= 11 is 0. The molecule has 0 unspecified atom stereocenters. The van der Waals surface area contributed by atoms with Crippen molar-refractivity contribution in [3.8, 4) is 11.8 Å². The molecule has 4 rings (SSSR count). The Morgan fingerprint density at radius 2 is 1.93 bits per heavy atom. The largest absolute Gasteiger partial charge is 0.497 e. The van der Waals surface area contributed by atoms with Crippen LogP contribution in [0.4, 0.5) is 0 Å². The minimum atomic E-state index is -0.202. The van der Waals surface area contributed by atoms with Crippen LogP contribution < -0.4 is 10.1 Å². The molecule has 1 saturated heterocycles. The van der Waals surface area contributed by atoms with Crippen molar-refractivity contribution in [1.82, 2.24) is 10.3 Å². The molecule has 154 valence electrons. The normalized spacial score (nSPS) is 18.8. The summed E-state index contributed by atoms with van der Waals surface area (Å²) in [7, 11) is 1.67. The van der Waals surface area contributed by atoms with Gasteiger partial charge in [-0.25, -0.2) is 0 Å². The van der Waals surface area contributed by atoms with E-state index in [0.717, 1.165) is 41.6 Å². The van der Waals surface area contributed by atoms with Crippen molar-refractivity contribution in [3.63, 3.8) is 0 Å². The van der Waals surface area contributed by atoms with Crippen LogP contribution in [0.5, 0.6) is 5.75 Å². The van der Waals surface area contributed by atoms with Crippen LogP contribution in [0.3, 0.4) is 0 Å². The van der Waals surface area contributed by atoms with Gasteiger partial charge in [0, 0.05) is 24.5 Å². The summed E-state index contributed by atoms with van der Waals surface area (Å²) in [6.07, 6.45) is 3.28. The molecule has 0 amide bonds. The summed E-state index contributed by atoms with van der Waals surface area (Å²) in [6, 6.07) is 17.9. The SMILES string of the molecule is COc1ccc2nccc(CC[C@H]3OC[C@H](NCc4ccc(C#N)cc4)CO3)c2c1. The van der Waals surface area contributed by atoms with Gasteiger partial charge >= 0.3 is 0 Å². The number of ether oxygens (including phenoxy) is 3. The van der Waals surface area contributed by atoms with Crippen LogP contribution in [0, 0.1) is 11.3 Å². The average Bonchev–Trinajstić information content (AvgIpc) is 2.82. The number of aryl methyl sites for hydroxylation is 1. The second-order valence-electron chi connectivity index (χ2n) is 7.37. The van der Waals surface area contributed by atoms with Gasteiger partial charge in [-0.05, 0) is 53.9 Å². The number of nitrogens with zero attached hydrogens (tertiary/aromatic N) is 2. The van der Waals surface area contributed by atoms with Crippen LogP contribution in [0.2, 0.25) is 0 Å². The fourth-order valence-electron chi connectivity index (χ4n) is 3.59. The summed E-state index contributed by atoms with van der Waals surface area (Å²) in [6.45, 7) is 1.95. The first-order valence-corrected chi connectivity index (χ1v) is 10.1. The summed E-state index contributed by atoms with van der Waals surface area (Å²) < 4.78 is 17.2. The van der Waals surface area contributed by atoms with Gasteiger partial charge in [-0.15, -0.1) is 0 Å². The van der Waals surface area contributed by atoms with Crippen molar-refractivity contribution in [2.75, 3.05) is 20.3 Å². The molecule has 0 bridgehead atoms. The minimum Gasteiger partial charge on any atom is -0.497 e. The Bertz CT molecular complexity index is 1020. The number of rotatable bonds is 7. The Labute approximate surface area is 176 Å². The van der Waals surface area contributed by atoms with Crippen molar-refractivity contribution >= 4 is 10.9 Å². The molecule has 6 nitrogen and oxygen atoms in total. The molecule has 6 heteroatoms. The minimum absolute atomic E-state index is 0.155. The topological polar surface area (TPSA) is 76.4 Å². The highest BCUT2D eigenvalue weighted by molar-refractivity contribution is 5.83. The number of hydrogen-bond acceptors (Lipinski definition) is 6. The van der Waals surface area contributed by atoms with Crippen LogP contribution in [0.1, 0.15) is 23.1 Å². The van der Waals surface area contributed by atoms with Crippen LogP contribution in [0.25, 0.3) is 10.9 Å². The van der Waals surface area contributed by atoms with E-state index in [4.69, 9.17) is 19.5 Å². The highest BCUT2D eigenvalue weighted by Crippen LogP contribution is 2.24. The summed E-state index contributed by atoms with van der Waals surface area (Å²) in [5.41, 5.74) is 3.99. The molecule has 0 spiro atoms. The monoisotopic (exact) mass is 403 g/mol. The molecule has 1 aliphatic heterocycles. The highest BCUT2D eigenvalue weighted by Gasteiger charge is 2.22. The van der Waals surface area contributed by atoms with Gasteiger partial charge in [-0.2, -0.15) is 5.26 Å². The van der Waals surface area contributed by atoms with E-state index in [1.807, 2.05) is 54.7 Å². The van der Waals surface area contributed by atoms with Crippen molar-refractivity contribution in [2.24, 2.45) is 0 Å². The van der Waals surface area contributed by atoms with E-state index >= 15 is 0 Å². The maximum atomic E-state index is 8.87. The molecule has 1 N–H and O–H groups in total. The van der Waals surface area contributed by atoms with E-state index in [-0.39, 0.29) is 12.3 Å². The Kier molecular flexibility index (Phi) is 6.55. The predicted molar refractivity (Wildman–Crippen MR) is 114 cm³/mol. The third-order valence-electron chi connectivity index (χ3n) is 5.33. The van der Waals surface area contributed by atoms with E-state index in [1.165, 1.54) is 5.56 Å². The third-order valence-corrected chi connectivity index (χ3v) is 5.33. The number of hydrogen-bond donors (Lipinski definition) is 1. The Hall–Kier alpha value is -2.98. The van der Waals surface area contributed by atoms with Crippen molar-refractivity contribution in [1.29, 1.82) is 5.26 Å². The van der Waals surface area contributed by atoms with Crippen molar-refractivity contribution < 1.29 is 14.2 Å². The van der Waals surface area contributed by atoms with Gasteiger partial charge in [-0.3, -0.25) is 4.98 Å². The molecule has 0 atom stereocenters. The van der Waals surface area contributed by atoms with Gasteiger partial charge in [0.1, 0.15) is 5.75 Å². The lowest BCUT2D eigenvalue weighted by Crippen LogP contribution is -2.44. The molecule has 0 radical (unpaired) electrons. The highest BCUT2D eigenvalue weighted by atomic mass is 16.7. The van der Waals surface area contributed by atoms with E-state index in [0.29, 0.717) is 18.8 Å². The molecular weight excluding hydrogens is 378 g/mol. The lowest BCUT2D eigenvalue weighted by molar-refractivity contribution is -0.192. The van der Waals surface area contributed by atoms with Crippen LogP contribution in [-0.4, -0.2) is 37.6 Å². The van der Waals surface area contributed by atoms with Crippen LogP contribution >= 0.6 is 0 Å². The number of pyridine rings is 1. The second-order valence-corrected chi connectivity index (χ2v) is 7.37. The van der Waals surface area contributed by atoms with Gasteiger partial charge in [0.25, 0.3) is 0 Å². The zero-order chi connectivity index (χ0) is 20.8. The maximum Gasteiger partial charge on any atom is 0.158 e. The van der Waals surface area contributed by atoms with E-state index in [2.05, 4.69) is 16.4 Å². The molecule has 1 aromatic heterocycles. The predicted octanol–water partition coefficient (Wildman–Crippen LogP) is 3.58. The fourth-order valence-corrected chi connectivity index (χ4v) is 3.59. The number of benzene rings is 2. The van der Waals surface area contributed by atoms with Gasteiger partial charge in [0.2, 0.25) is 0 Å². The first-order valence-electron chi connectivity index (χ1n) is 10.1. The smallest absolute Gasteiger partial charge is 0.158 e. The van der Waals surface area contributed by atoms with Gasteiger partial charge in [0.15, 0.2) is 6.29 Å². The quantitative estimate of drug-likeness (QED) is 0.650. The molecule has 0 aliphatic carbocycles. The van der Waals surface area contributed by atoms with Crippen molar-refractivity contribution in [2.45, 2.75) is 31.7 Å². The molecule has 0 saturated carbocycles. The molecule has 2 aromatic carbocycles. The first-order chi connectivity index (χ1) is 14.7.